The molecule has 0 radical (unpaired) electrons. The molecule has 2 heterocycles. The normalized spacial score (nSPS) is 13.1. The predicted octanol–water partition coefficient (Wildman–Crippen LogP) is 3.92. The van der Waals surface area contributed by atoms with Crippen molar-refractivity contribution in [3.05, 3.63) is 54.2 Å². The fourth-order valence-electron chi connectivity index (χ4n) is 3.06. The summed E-state index contributed by atoms with van der Waals surface area (Å²) in [4.78, 5) is 11.4. The Hall–Kier alpha value is -1.83. The van der Waals surface area contributed by atoms with Crippen molar-refractivity contribution in [2.75, 3.05) is 36.4 Å². The lowest BCUT2D eigenvalue weighted by Gasteiger charge is -2.22. The zero-order valence-corrected chi connectivity index (χ0v) is 17.6. The Morgan fingerprint density at radius 2 is 2.00 bits per heavy atom. The number of aliphatic imine (C=N–C) groups is 1. The van der Waals surface area contributed by atoms with Gasteiger partial charge in [-0.25, -0.2) is 4.98 Å². The smallest absolute Gasteiger partial charge is 0.198 e. The van der Waals surface area contributed by atoms with Crippen LogP contribution in [-0.4, -0.2) is 37.1 Å². The number of benzene rings is 1. The van der Waals surface area contributed by atoms with Crippen LogP contribution in [0.2, 0.25) is 0 Å². The molecule has 0 saturated carbocycles. The number of nitrogens with zero attached hydrogens (tertiary/aromatic N) is 3. The number of pyridine rings is 1. The van der Waals surface area contributed by atoms with E-state index in [2.05, 4.69) is 51.7 Å². The Bertz CT molecular complexity index is 690. The summed E-state index contributed by atoms with van der Waals surface area (Å²) in [6, 6.07) is 14.5. The summed E-state index contributed by atoms with van der Waals surface area (Å²) in [5, 5.41) is 6.77. The Kier molecular flexibility index (Phi) is 8.67. The maximum atomic E-state index is 4.83. The molecule has 0 bridgehead atoms. The highest BCUT2D eigenvalue weighted by atomic mass is 127. The number of hydrogen-bond donors (Lipinski definition) is 2. The molecule has 0 aliphatic carbocycles. The van der Waals surface area contributed by atoms with Crippen molar-refractivity contribution in [2.45, 2.75) is 26.2 Å². The molecule has 0 saturated heterocycles. The number of fused-ring (bicyclic) bond motifs is 1. The van der Waals surface area contributed by atoms with Crippen molar-refractivity contribution in [3.63, 3.8) is 0 Å². The average molecular weight is 465 g/mol. The molecule has 0 spiro atoms. The minimum Gasteiger partial charge on any atom is -0.370 e. The van der Waals surface area contributed by atoms with Gasteiger partial charge in [0.25, 0.3) is 0 Å². The van der Waals surface area contributed by atoms with Gasteiger partial charge in [-0.1, -0.05) is 24.3 Å². The third kappa shape index (κ3) is 5.59. The molecule has 1 aromatic heterocycles. The second-order valence-electron chi connectivity index (χ2n) is 6.11. The highest BCUT2D eigenvalue weighted by Gasteiger charge is 2.22. The first kappa shape index (κ1) is 20.5. The Morgan fingerprint density at radius 1 is 1.15 bits per heavy atom. The molecule has 2 N–H and O–H groups in total. The van der Waals surface area contributed by atoms with E-state index in [0.29, 0.717) is 0 Å². The summed E-state index contributed by atoms with van der Waals surface area (Å²) in [6.45, 7) is 5.78. The van der Waals surface area contributed by atoms with Crippen LogP contribution in [0, 0.1) is 0 Å². The largest absolute Gasteiger partial charge is 0.370 e. The SMILES string of the molecule is CCNC(=NCCCCNc1ccccn1)N1CCc2ccccc21.I. The third-order valence-corrected chi connectivity index (χ3v) is 4.30. The molecule has 6 heteroatoms. The topological polar surface area (TPSA) is 52.6 Å². The number of hydrogen-bond acceptors (Lipinski definition) is 3. The van der Waals surface area contributed by atoms with E-state index < -0.39 is 0 Å². The first-order valence-electron chi connectivity index (χ1n) is 9.17. The molecular formula is C20H28IN5. The Labute approximate surface area is 173 Å². The van der Waals surface area contributed by atoms with Crippen LogP contribution in [0.25, 0.3) is 0 Å². The molecule has 0 unspecified atom stereocenters. The molecule has 1 aromatic carbocycles. The van der Waals surface area contributed by atoms with Gasteiger partial charge < -0.3 is 15.5 Å². The number of nitrogens with one attached hydrogen (secondary N) is 2. The van der Waals surface area contributed by atoms with Crippen molar-refractivity contribution in [1.29, 1.82) is 0 Å². The van der Waals surface area contributed by atoms with E-state index in [1.807, 2.05) is 24.4 Å². The second-order valence-corrected chi connectivity index (χ2v) is 6.11. The molecule has 0 fully saturated rings. The maximum absolute atomic E-state index is 4.83. The van der Waals surface area contributed by atoms with Gasteiger partial charge in [-0.3, -0.25) is 4.99 Å². The Morgan fingerprint density at radius 3 is 2.81 bits per heavy atom. The molecule has 0 atom stereocenters. The second kappa shape index (κ2) is 11.0. The molecule has 3 rings (SSSR count). The first-order chi connectivity index (χ1) is 12.4. The number of halogens is 1. The van der Waals surface area contributed by atoms with Crippen molar-refractivity contribution in [2.24, 2.45) is 4.99 Å². The molecule has 0 amide bonds. The van der Waals surface area contributed by atoms with Gasteiger partial charge in [-0.2, -0.15) is 0 Å². The highest BCUT2D eigenvalue weighted by molar-refractivity contribution is 14.0. The van der Waals surface area contributed by atoms with Gasteiger partial charge in [0.1, 0.15) is 5.82 Å². The van der Waals surface area contributed by atoms with E-state index in [1.54, 1.807) is 0 Å². The van der Waals surface area contributed by atoms with Gasteiger partial charge in [0.2, 0.25) is 0 Å². The lowest BCUT2D eigenvalue weighted by molar-refractivity contribution is 0.763. The van der Waals surface area contributed by atoms with E-state index >= 15 is 0 Å². The number of unbranched alkanes of at least 4 members (excludes halogenated alkanes) is 1. The van der Waals surface area contributed by atoms with E-state index in [4.69, 9.17) is 4.99 Å². The van der Waals surface area contributed by atoms with Crippen LogP contribution >= 0.6 is 24.0 Å². The molecule has 26 heavy (non-hydrogen) atoms. The summed E-state index contributed by atoms with van der Waals surface area (Å²) in [5.41, 5.74) is 2.70. The van der Waals surface area contributed by atoms with Gasteiger partial charge in [0.15, 0.2) is 5.96 Å². The van der Waals surface area contributed by atoms with Crippen LogP contribution in [0.3, 0.4) is 0 Å². The van der Waals surface area contributed by atoms with Crippen molar-refractivity contribution in [3.8, 4) is 0 Å². The minimum absolute atomic E-state index is 0. The van der Waals surface area contributed by atoms with Crippen LogP contribution in [0.4, 0.5) is 11.5 Å². The molecular weight excluding hydrogens is 437 g/mol. The number of aromatic nitrogens is 1. The quantitative estimate of drug-likeness (QED) is 0.282. The molecule has 1 aliphatic heterocycles. The molecule has 1 aliphatic rings. The van der Waals surface area contributed by atoms with Gasteiger partial charge >= 0.3 is 0 Å². The summed E-state index contributed by atoms with van der Waals surface area (Å²) in [5.74, 6) is 1.94. The van der Waals surface area contributed by atoms with E-state index in [1.165, 1.54) is 11.3 Å². The summed E-state index contributed by atoms with van der Waals surface area (Å²) >= 11 is 0. The lowest BCUT2D eigenvalue weighted by atomic mass is 10.2. The maximum Gasteiger partial charge on any atom is 0.198 e. The van der Waals surface area contributed by atoms with Gasteiger partial charge in [-0.15, -0.1) is 24.0 Å². The van der Waals surface area contributed by atoms with Crippen molar-refractivity contribution in [1.82, 2.24) is 10.3 Å². The van der Waals surface area contributed by atoms with Gasteiger partial charge in [-0.05, 0) is 49.9 Å². The summed E-state index contributed by atoms with van der Waals surface area (Å²) < 4.78 is 0. The van der Waals surface area contributed by atoms with E-state index in [0.717, 1.165) is 57.2 Å². The average Bonchev–Trinajstić information content (AvgIpc) is 3.08. The zero-order chi connectivity index (χ0) is 17.3. The van der Waals surface area contributed by atoms with Crippen LogP contribution in [0.15, 0.2) is 53.7 Å². The lowest BCUT2D eigenvalue weighted by Crippen LogP contribution is -2.40. The summed E-state index contributed by atoms with van der Waals surface area (Å²) in [6.07, 6.45) is 5.04. The summed E-state index contributed by atoms with van der Waals surface area (Å²) in [7, 11) is 0. The monoisotopic (exact) mass is 465 g/mol. The predicted molar refractivity (Wildman–Crippen MR) is 121 cm³/mol. The fourth-order valence-corrected chi connectivity index (χ4v) is 3.06. The first-order valence-corrected chi connectivity index (χ1v) is 9.17. The standard InChI is InChI=1S/C20H27N5.HI/c1-2-21-20(25-16-12-17-9-3-4-10-18(17)25)24-15-8-7-14-23-19-11-5-6-13-22-19;/h3-6,9-11,13H,2,7-8,12,14-16H2,1H3,(H,21,24)(H,22,23);1H. The Balaban J connectivity index is 0.00000243. The van der Waals surface area contributed by atoms with Crippen LogP contribution in [0.5, 0.6) is 0 Å². The van der Waals surface area contributed by atoms with Crippen molar-refractivity contribution >= 4 is 41.4 Å². The van der Waals surface area contributed by atoms with Gasteiger partial charge in [0, 0.05) is 38.1 Å². The number of para-hydroxylation sites is 1. The molecule has 5 nitrogen and oxygen atoms in total. The van der Waals surface area contributed by atoms with E-state index in [-0.39, 0.29) is 24.0 Å². The van der Waals surface area contributed by atoms with Gasteiger partial charge in [0.05, 0.1) is 0 Å². The number of rotatable bonds is 7. The van der Waals surface area contributed by atoms with Crippen LogP contribution < -0.4 is 15.5 Å². The third-order valence-electron chi connectivity index (χ3n) is 4.30. The van der Waals surface area contributed by atoms with E-state index in [9.17, 15) is 0 Å². The highest BCUT2D eigenvalue weighted by Crippen LogP contribution is 2.27. The van der Waals surface area contributed by atoms with Crippen LogP contribution in [0.1, 0.15) is 25.3 Å². The zero-order valence-electron chi connectivity index (χ0n) is 15.3. The fraction of sp³-hybridized carbons (Fsp3) is 0.400. The molecule has 140 valence electrons. The number of guanidine groups is 1. The minimum atomic E-state index is 0. The van der Waals surface area contributed by atoms with Crippen molar-refractivity contribution < 1.29 is 0 Å². The molecule has 2 aromatic rings. The number of anilines is 2. The van der Waals surface area contributed by atoms with Crippen LogP contribution in [-0.2, 0) is 6.42 Å².